The Hall–Kier alpha value is -2.84. The summed E-state index contributed by atoms with van der Waals surface area (Å²) in [4.78, 5) is 18.9. The molecule has 0 saturated carbocycles. The van der Waals surface area contributed by atoms with E-state index in [1.807, 2.05) is 28.7 Å². The highest BCUT2D eigenvalue weighted by Gasteiger charge is 2.36. The summed E-state index contributed by atoms with van der Waals surface area (Å²) in [6.07, 6.45) is 1.35. The quantitative estimate of drug-likeness (QED) is 0.692. The number of aromatic nitrogens is 2. The molecule has 1 saturated heterocycles. The number of fused-ring (bicyclic) bond motifs is 3. The number of nitrogens with zero attached hydrogens (tertiary/aromatic N) is 3. The summed E-state index contributed by atoms with van der Waals surface area (Å²) < 4.78 is 13.2. The molecule has 8 nitrogen and oxygen atoms in total. The molecule has 8 heteroatoms. The second kappa shape index (κ2) is 6.96. The third-order valence-electron chi connectivity index (χ3n) is 5.69. The van der Waals surface area contributed by atoms with E-state index in [-0.39, 0.29) is 6.61 Å². The van der Waals surface area contributed by atoms with Crippen molar-refractivity contribution < 1.29 is 19.4 Å². The third-order valence-corrected chi connectivity index (χ3v) is 5.69. The van der Waals surface area contributed by atoms with E-state index in [9.17, 15) is 9.90 Å². The number of imidazole rings is 1. The summed E-state index contributed by atoms with van der Waals surface area (Å²) in [6.45, 7) is 1.32. The maximum Gasteiger partial charge on any atom is 0.252 e. The van der Waals surface area contributed by atoms with Crippen LogP contribution in [0, 0.1) is 0 Å². The van der Waals surface area contributed by atoms with Crippen molar-refractivity contribution >= 4 is 28.4 Å². The SMILES string of the molecule is COc1cc(C(N)=O)c2nc3ccccc3n2c1N1CCC(CO)(OC)CC1. The first-order valence-electron chi connectivity index (χ1n) is 9.22. The number of para-hydroxylation sites is 2. The molecule has 0 unspecified atom stereocenters. The van der Waals surface area contributed by atoms with Gasteiger partial charge in [0.25, 0.3) is 5.91 Å². The van der Waals surface area contributed by atoms with Crippen molar-refractivity contribution in [2.75, 3.05) is 38.8 Å². The zero-order valence-corrected chi connectivity index (χ0v) is 16.0. The molecule has 3 aromatic rings. The minimum Gasteiger partial charge on any atom is -0.493 e. The normalized spacial score (nSPS) is 16.6. The maximum atomic E-state index is 12.1. The molecule has 4 rings (SSSR count). The van der Waals surface area contributed by atoms with Crippen molar-refractivity contribution in [1.29, 1.82) is 0 Å². The second-order valence-electron chi connectivity index (χ2n) is 7.11. The Morgan fingerprint density at radius 1 is 1.29 bits per heavy atom. The van der Waals surface area contributed by atoms with Crippen LogP contribution >= 0.6 is 0 Å². The first-order chi connectivity index (χ1) is 13.5. The average molecular weight is 384 g/mol. The molecule has 1 aliphatic rings. The van der Waals surface area contributed by atoms with Gasteiger partial charge in [0.05, 0.1) is 35.9 Å². The van der Waals surface area contributed by atoms with Gasteiger partial charge in [-0.2, -0.15) is 0 Å². The predicted octanol–water partition coefficient (Wildman–Crippen LogP) is 1.57. The van der Waals surface area contributed by atoms with Crippen molar-refractivity contribution in [3.8, 4) is 5.75 Å². The number of amides is 1. The molecular weight excluding hydrogens is 360 g/mol. The molecule has 0 bridgehead atoms. The van der Waals surface area contributed by atoms with Crippen LogP contribution in [-0.4, -0.2) is 59.9 Å². The number of methoxy groups -OCH3 is 2. The van der Waals surface area contributed by atoms with Crippen molar-refractivity contribution in [2.24, 2.45) is 5.73 Å². The van der Waals surface area contributed by atoms with Crippen LogP contribution in [-0.2, 0) is 4.74 Å². The summed E-state index contributed by atoms with van der Waals surface area (Å²) in [7, 11) is 3.21. The smallest absolute Gasteiger partial charge is 0.252 e. The highest BCUT2D eigenvalue weighted by atomic mass is 16.5. The van der Waals surface area contributed by atoms with Crippen LogP contribution in [0.2, 0.25) is 0 Å². The number of ether oxygens (including phenoxy) is 2. The molecule has 148 valence electrons. The number of hydrogen-bond acceptors (Lipinski definition) is 6. The zero-order valence-electron chi connectivity index (χ0n) is 16.0. The van der Waals surface area contributed by atoms with Gasteiger partial charge >= 0.3 is 0 Å². The Kier molecular flexibility index (Phi) is 4.60. The number of pyridine rings is 1. The molecule has 1 aliphatic heterocycles. The largest absolute Gasteiger partial charge is 0.493 e. The predicted molar refractivity (Wildman–Crippen MR) is 106 cm³/mol. The van der Waals surface area contributed by atoms with E-state index in [1.165, 1.54) is 0 Å². The van der Waals surface area contributed by atoms with Gasteiger partial charge in [-0.05, 0) is 25.0 Å². The summed E-state index contributed by atoms with van der Waals surface area (Å²) in [5, 5.41) is 9.74. The summed E-state index contributed by atoms with van der Waals surface area (Å²) >= 11 is 0. The first kappa shape index (κ1) is 18.5. The molecule has 0 atom stereocenters. The molecule has 1 aromatic carbocycles. The Morgan fingerprint density at radius 3 is 2.61 bits per heavy atom. The van der Waals surface area contributed by atoms with Crippen LogP contribution in [0.3, 0.4) is 0 Å². The number of aliphatic hydroxyl groups is 1. The number of nitrogens with two attached hydrogens (primary N) is 1. The first-order valence-corrected chi connectivity index (χ1v) is 9.22. The Labute approximate surface area is 162 Å². The molecule has 3 N–H and O–H groups in total. The fourth-order valence-electron chi connectivity index (χ4n) is 3.97. The fourth-order valence-corrected chi connectivity index (χ4v) is 3.97. The fraction of sp³-hybridized carbons (Fsp3) is 0.400. The lowest BCUT2D eigenvalue weighted by Gasteiger charge is -2.41. The Bertz CT molecular complexity index is 1030. The molecule has 0 aliphatic carbocycles. The van der Waals surface area contributed by atoms with Gasteiger partial charge in [-0.3, -0.25) is 9.20 Å². The highest BCUT2D eigenvalue weighted by Crippen LogP contribution is 2.37. The maximum absolute atomic E-state index is 12.1. The van der Waals surface area contributed by atoms with E-state index in [2.05, 4.69) is 9.88 Å². The topological polar surface area (TPSA) is 102 Å². The number of carbonyl (C=O) groups is 1. The number of hydrogen-bond donors (Lipinski definition) is 2. The molecule has 3 heterocycles. The lowest BCUT2D eigenvalue weighted by molar-refractivity contribution is -0.0674. The van der Waals surface area contributed by atoms with Crippen LogP contribution in [0.15, 0.2) is 30.3 Å². The van der Waals surface area contributed by atoms with Crippen LogP contribution < -0.4 is 15.4 Å². The van der Waals surface area contributed by atoms with Crippen molar-refractivity contribution in [3.63, 3.8) is 0 Å². The number of piperidine rings is 1. The lowest BCUT2D eigenvalue weighted by Crippen LogP contribution is -2.48. The monoisotopic (exact) mass is 384 g/mol. The van der Waals surface area contributed by atoms with Gasteiger partial charge in [0.2, 0.25) is 0 Å². The van der Waals surface area contributed by atoms with Crippen LogP contribution in [0.1, 0.15) is 23.2 Å². The molecule has 28 heavy (non-hydrogen) atoms. The van der Waals surface area contributed by atoms with E-state index in [0.29, 0.717) is 42.9 Å². The van der Waals surface area contributed by atoms with Crippen molar-refractivity contribution in [3.05, 3.63) is 35.9 Å². The lowest BCUT2D eigenvalue weighted by atomic mass is 9.92. The van der Waals surface area contributed by atoms with Gasteiger partial charge < -0.3 is 25.2 Å². The minimum atomic E-state index is -0.553. The molecular formula is C20H24N4O4. The minimum absolute atomic E-state index is 0.0154. The number of rotatable bonds is 5. The van der Waals surface area contributed by atoms with Gasteiger partial charge in [0.15, 0.2) is 17.2 Å². The Morgan fingerprint density at radius 2 is 2.00 bits per heavy atom. The number of aliphatic hydroxyl groups excluding tert-OH is 1. The van der Waals surface area contributed by atoms with Crippen molar-refractivity contribution in [2.45, 2.75) is 18.4 Å². The molecule has 1 amide bonds. The highest BCUT2D eigenvalue weighted by molar-refractivity contribution is 6.02. The molecule has 0 spiro atoms. The summed E-state index contributed by atoms with van der Waals surface area (Å²) in [6, 6.07) is 9.36. The summed E-state index contributed by atoms with van der Waals surface area (Å²) in [5.74, 6) is 0.819. The van der Waals surface area contributed by atoms with Gasteiger partial charge in [-0.1, -0.05) is 12.1 Å². The van der Waals surface area contributed by atoms with E-state index >= 15 is 0 Å². The van der Waals surface area contributed by atoms with E-state index < -0.39 is 11.5 Å². The zero-order chi connectivity index (χ0) is 19.9. The van der Waals surface area contributed by atoms with Gasteiger partial charge in [0, 0.05) is 26.3 Å². The van der Waals surface area contributed by atoms with E-state index in [0.717, 1.165) is 16.9 Å². The Balaban J connectivity index is 1.93. The van der Waals surface area contributed by atoms with Gasteiger partial charge in [0.1, 0.15) is 0 Å². The molecule has 2 aromatic heterocycles. The number of benzene rings is 1. The van der Waals surface area contributed by atoms with E-state index in [4.69, 9.17) is 15.2 Å². The van der Waals surface area contributed by atoms with Crippen LogP contribution in [0.4, 0.5) is 5.82 Å². The number of primary amides is 1. The standard InChI is InChI=1S/C20H24N4O4/c1-27-16-11-13(17(21)26)18-22-14-5-3-4-6-15(14)24(18)19(16)23-9-7-20(12-25,28-2)8-10-23/h3-6,11,25H,7-10,12H2,1-2H3,(H2,21,26). The molecule has 1 fully saturated rings. The second-order valence-corrected chi connectivity index (χ2v) is 7.11. The van der Waals surface area contributed by atoms with E-state index in [1.54, 1.807) is 20.3 Å². The number of carbonyl (C=O) groups excluding carboxylic acids is 1. The summed E-state index contributed by atoms with van der Waals surface area (Å²) in [5.41, 5.74) is 7.57. The van der Waals surface area contributed by atoms with Gasteiger partial charge in [-0.15, -0.1) is 0 Å². The molecule has 0 radical (unpaired) electrons. The van der Waals surface area contributed by atoms with Crippen LogP contribution in [0.5, 0.6) is 5.75 Å². The van der Waals surface area contributed by atoms with Crippen molar-refractivity contribution in [1.82, 2.24) is 9.38 Å². The number of anilines is 1. The van der Waals surface area contributed by atoms with Gasteiger partial charge in [-0.25, -0.2) is 4.98 Å². The third kappa shape index (κ3) is 2.76. The average Bonchev–Trinajstić information content (AvgIpc) is 3.12. The van der Waals surface area contributed by atoms with Crippen LogP contribution in [0.25, 0.3) is 16.7 Å².